The third-order valence-corrected chi connectivity index (χ3v) is 2.33. The first kappa shape index (κ1) is 8.10. The van der Waals surface area contributed by atoms with Gasteiger partial charge in [-0.15, -0.1) is 0 Å². The van der Waals surface area contributed by atoms with Crippen LogP contribution in [-0.2, 0) is 0 Å². The average molecular weight is 131 g/mol. The van der Waals surface area contributed by atoms with Gasteiger partial charge in [-0.2, -0.15) is 0 Å². The van der Waals surface area contributed by atoms with Gasteiger partial charge in [0.25, 0.3) is 0 Å². The molecule has 0 N–H and O–H groups in total. The van der Waals surface area contributed by atoms with Gasteiger partial charge in [0.15, 0.2) is 0 Å². The van der Waals surface area contributed by atoms with E-state index >= 15 is 0 Å². The van der Waals surface area contributed by atoms with Crippen molar-refractivity contribution in [2.45, 2.75) is 39.2 Å². The Balaban J connectivity index is 3.76. The van der Waals surface area contributed by atoms with Crippen molar-refractivity contribution in [3.63, 3.8) is 0 Å². The highest BCUT2D eigenvalue weighted by molar-refractivity contribution is 7.04. The minimum absolute atomic E-state index is 0.164. The molecular weight excluding hydrogens is 117 g/mol. The molecule has 1 nitrogen and oxygen atoms in total. The molecule has 0 spiro atoms. The number of hydrogen-bond donors (Lipinski definition) is 0. The summed E-state index contributed by atoms with van der Waals surface area (Å²) in [5, 5.41) is 0. The molecule has 0 saturated heterocycles. The zero-order valence-corrected chi connectivity index (χ0v) is 6.86. The lowest BCUT2D eigenvalue weighted by Gasteiger charge is -2.18. The molecule has 0 aliphatic carbocycles. The molecule has 2 heteroatoms. The zero-order valence-electron chi connectivity index (χ0n) is 5.86. The summed E-state index contributed by atoms with van der Waals surface area (Å²) in [6.45, 7) is 6.43. The lowest BCUT2D eigenvalue weighted by Crippen LogP contribution is -2.16. The third kappa shape index (κ3) is 1.92. The quantitative estimate of drug-likeness (QED) is 0.522. The van der Waals surface area contributed by atoms with Crippen molar-refractivity contribution in [1.29, 1.82) is 0 Å². The average Bonchev–Trinajstić information content (AvgIpc) is 1.87. The predicted octanol–water partition coefficient (Wildman–Crippen LogP) is 2.89. The van der Waals surface area contributed by atoms with Gasteiger partial charge in [-0.05, 0) is 28.8 Å². The third-order valence-electron chi connectivity index (χ3n) is 1.79. The van der Waals surface area contributed by atoms with Crippen molar-refractivity contribution in [3.05, 3.63) is 0 Å². The highest BCUT2D eigenvalue weighted by Gasteiger charge is 2.15. The summed E-state index contributed by atoms with van der Waals surface area (Å²) in [5.41, 5.74) is 0.164. The summed E-state index contributed by atoms with van der Waals surface area (Å²) in [5.74, 6) is 0. The van der Waals surface area contributed by atoms with Gasteiger partial charge < -0.3 is 0 Å². The van der Waals surface area contributed by atoms with Crippen LogP contribution in [0.25, 0.3) is 0 Å². The van der Waals surface area contributed by atoms with Crippen molar-refractivity contribution < 1.29 is 0 Å². The lowest BCUT2D eigenvalue weighted by molar-refractivity contribution is 0.448. The van der Waals surface area contributed by atoms with Crippen LogP contribution in [0.2, 0.25) is 0 Å². The first-order chi connectivity index (χ1) is 3.68. The molecule has 0 bridgehead atoms. The van der Waals surface area contributed by atoms with Gasteiger partial charge >= 0.3 is 0 Å². The fraction of sp³-hybridized carbons (Fsp3) is 1.00. The Hall–Kier alpha value is 0.100. The second-order valence-electron chi connectivity index (χ2n) is 2.32. The van der Waals surface area contributed by atoms with Crippen molar-refractivity contribution in [2.24, 2.45) is 4.74 Å². The monoisotopic (exact) mass is 131 g/mol. The Morgan fingerprint density at radius 2 is 1.75 bits per heavy atom. The Labute approximate surface area is 53.8 Å². The molecule has 0 aromatic carbocycles. The Bertz CT molecular complexity index is 76.6. The van der Waals surface area contributed by atoms with Gasteiger partial charge in [0.05, 0.1) is 5.54 Å². The topological polar surface area (TPSA) is 12.4 Å². The molecule has 0 saturated carbocycles. The van der Waals surface area contributed by atoms with E-state index in [0.717, 1.165) is 12.8 Å². The predicted molar refractivity (Wildman–Crippen MR) is 39.7 cm³/mol. The second-order valence-corrected chi connectivity index (χ2v) is 2.54. The smallest absolute Gasteiger partial charge is 0.0615 e. The lowest BCUT2D eigenvalue weighted by atomic mass is 9.98. The molecule has 0 fully saturated rings. The molecule has 8 heavy (non-hydrogen) atoms. The fourth-order valence-corrected chi connectivity index (χ4v) is 0.724. The van der Waals surface area contributed by atoms with E-state index in [4.69, 9.17) is 0 Å². The first-order valence-corrected chi connectivity index (χ1v) is 3.52. The zero-order chi connectivity index (χ0) is 6.62. The number of hydrogen-bond acceptors (Lipinski definition) is 1. The van der Waals surface area contributed by atoms with Gasteiger partial charge in [-0.25, -0.2) is 0 Å². The van der Waals surface area contributed by atoms with Crippen LogP contribution in [0.3, 0.4) is 0 Å². The largest absolute Gasteiger partial charge is 0.266 e. The summed E-state index contributed by atoms with van der Waals surface area (Å²) in [6, 6.07) is 0. The van der Waals surface area contributed by atoms with Crippen LogP contribution in [0.1, 0.15) is 33.6 Å². The molecule has 0 amide bonds. The van der Waals surface area contributed by atoms with Crippen LogP contribution >= 0.6 is 9.03 Å². The van der Waals surface area contributed by atoms with E-state index in [2.05, 4.69) is 34.5 Å². The van der Waals surface area contributed by atoms with Crippen LogP contribution < -0.4 is 0 Å². The molecule has 0 radical (unpaired) electrons. The fourth-order valence-electron chi connectivity index (χ4n) is 0.408. The van der Waals surface area contributed by atoms with Crippen LogP contribution in [0.15, 0.2) is 4.74 Å². The molecule has 48 valence electrons. The van der Waals surface area contributed by atoms with Crippen LogP contribution in [0, 0.1) is 0 Å². The molecule has 0 aromatic heterocycles. The maximum Gasteiger partial charge on any atom is 0.0615 e. The summed E-state index contributed by atoms with van der Waals surface area (Å²) in [6.07, 6.45) is 2.21. The van der Waals surface area contributed by atoms with Gasteiger partial charge in [0, 0.05) is 0 Å². The highest BCUT2D eigenvalue weighted by Crippen LogP contribution is 2.19. The summed E-state index contributed by atoms with van der Waals surface area (Å²) in [4.78, 5) is 0. The van der Waals surface area contributed by atoms with E-state index < -0.39 is 0 Å². The minimum Gasteiger partial charge on any atom is -0.266 e. The van der Waals surface area contributed by atoms with Gasteiger partial charge in [0.2, 0.25) is 0 Å². The van der Waals surface area contributed by atoms with Crippen LogP contribution in [0.4, 0.5) is 0 Å². The molecule has 0 rings (SSSR count). The Kier molecular flexibility index (Phi) is 3.23. The standard InChI is InChI=1S/C6H14NP/c1-4-6(3,5-2)7-8/h8H,4-5H2,1-3H3. The summed E-state index contributed by atoms with van der Waals surface area (Å²) >= 11 is 0. The molecule has 0 heterocycles. The van der Waals surface area contributed by atoms with Gasteiger partial charge in [-0.3, -0.25) is 4.74 Å². The maximum absolute atomic E-state index is 4.06. The van der Waals surface area contributed by atoms with Gasteiger partial charge in [-0.1, -0.05) is 13.8 Å². The second kappa shape index (κ2) is 3.19. The first-order valence-electron chi connectivity index (χ1n) is 3.07. The molecule has 0 aliphatic rings. The van der Waals surface area contributed by atoms with Crippen molar-refractivity contribution in [2.75, 3.05) is 0 Å². The molecule has 0 aliphatic heterocycles. The maximum atomic E-state index is 4.06. The van der Waals surface area contributed by atoms with Crippen LogP contribution in [0.5, 0.6) is 0 Å². The van der Waals surface area contributed by atoms with Crippen LogP contribution in [-0.4, -0.2) is 5.54 Å². The highest BCUT2D eigenvalue weighted by atomic mass is 31.0. The van der Waals surface area contributed by atoms with E-state index in [0.29, 0.717) is 0 Å². The summed E-state index contributed by atoms with van der Waals surface area (Å²) < 4.78 is 4.06. The number of rotatable bonds is 3. The molecule has 0 unspecified atom stereocenters. The van der Waals surface area contributed by atoms with E-state index in [1.165, 1.54) is 0 Å². The normalized spacial score (nSPS) is 11.4. The number of nitrogens with zero attached hydrogens (tertiary/aromatic N) is 1. The van der Waals surface area contributed by atoms with E-state index in [9.17, 15) is 0 Å². The Morgan fingerprint density at radius 3 is 1.75 bits per heavy atom. The molecular formula is C6H14NP. The summed E-state index contributed by atoms with van der Waals surface area (Å²) in [7, 11) is 3.16. The van der Waals surface area contributed by atoms with E-state index in [-0.39, 0.29) is 5.54 Å². The van der Waals surface area contributed by atoms with Crippen molar-refractivity contribution in [1.82, 2.24) is 0 Å². The molecule has 0 aromatic rings. The minimum atomic E-state index is 0.164. The van der Waals surface area contributed by atoms with Gasteiger partial charge in [0.1, 0.15) is 0 Å². The SMILES string of the molecule is CCC(C)(CC)N=P. The van der Waals surface area contributed by atoms with Crippen molar-refractivity contribution >= 4 is 9.03 Å². The van der Waals surface area contributed by atoms with E-state index in [1.54, 1.807) is 0 Å². The molecule has 0 atom stereocenters. The Morgan fingerprint density at radius 1 is 1.38 bits per heavy atom. The van der Waals surface area contributed by atoms with Crippen molar-refractivity contribution in [3.8, 4) is 0 Å². The van der Waals surface area contributed by atoms with E-state index in [1.807, 2.05) is 0 Å².